The molecule has 0 saturated carbocycles. The van der Waals surface area contributed by atoms with Crippen LogP contribution < -0.4 is 15.2 Å². The zero-order chi connectivity index (χ0) is 15.6. The number of rotatable bonds is 4. The Morgan fingerprint density at radius 2 is 1.86 bits per heavy atom. The monoisotopic (exact) mass is 399 g/mol. The molecule has 0 aliphatic rings. The van der Waals surface area contributed by atoms with E-state index >= 15 is 0 Å². The van der Waals surface area contributed by atoms with Crippen LogP contribution in [0.25, 0.3) is 11.4 Å². The van der Waals surface area contributed by atoms with Gasteiger partial charge in [0.2, 0.25) is 0 Å². The first kappa shape index (κ1) is 15.8. The molecule has 0 fully saturated rings. The molecular weight excluding hydrogens is 381 g/mol. The van der Waals surface area contributed by atoms with Crippen molar-refractivity contribution in [2.45, 2.75) is 19.8 Å². The summed E-state index contributed by atoms with van der Waals surface area (Å²) in [5.74, 6) is 2.70. The third-order valence-electron chi connectivity index (χ3n) is 3.10. The molecule has 2 rings (SSSR count). The van der Waals surface area contributed by atoms with Crippen LogP contribution in [-0.4, -0.2) is 24.2 Å². The second-order valence-electron chi connectivity index (χ2n) is 4.85. The lowest BCUT2D eigenvalue weighted by molar-refractivity contribution is 0.404. The molecule has 0 aliphatic heterocycles. The fourth-order valence-electron chi connectivity index (χ4n) is 1.97. The topological polar surface area (TPSA) is 70.3 Å². The summed E-state index contributed by atoms with van der Waals surface area (Å²) < 4.78 is 11.6. The van der Waals surface area contributed by atoms with Gasteiger partial charge >= 0.3 is 0 Å². The van der Waals surface area contributed by atoms with Crippen molar-refractivity contribution < 1.29 is 9.47 Å². The van der Waals surface area contributed by atoms with Crippen molar-refractivity contribution in [3.63, 3.8) is 0 Å². The summed E-state index contributed by atoms with van der Waals surface area (Å²) in [6, 6.07) is 5.52. The van der Waals surface area contributed by atoms with E-state index in [-0.39, 0.29) is 5.92 Å². The number of nitrogens with two attached hydrogens (primary N) is 1. The minimum absolute atomic E-state index is 0.262. The predicted octanol–water partition coefficient (Wildman–Crippen LogP) is 3.47. The summed E-state index contributed by atoms with van der Waals surface area (Å²) in [7, 11) is 3.24. The minimum Gasteiger partial charge on any atom is -0.497 e. The molecule has 0 atom stereocenters. The Balaban J connectivity index is 2.66. The molecule has 2 aromatic rings. The summed E-state index contributed by atoms with van der Waals surface area (Å²) in [6.45, 7) is 4.16. The van der Waals surface area contributed by atoms with Crippen LogP contribution >= 0.6 is 22.6 Å². The van der Waals surface area contributed by atoms with Crippen LogP contribution in [0, 0.1) is 3.57 Å². The summed E-state index contributed by atoms with van der Waals surface area (Å²) in [6.07, 6.45) is 0. The average Bonchev–Trinajstić information content (AvgIpc) is 2.48. The Labute approximate surface area is 138 Å². The number of ether oxygens (including phenoxy) is 2. The van der Waals surface area contributed by atoms with Crippen molar-refractivity contribution in [2.75, 3.05) is 20.0 Å². The van der Waals surface area contributed by atoms with Crippen LogP contribution in [0.15, 0.2) is 18.2 Å². The van der Waals surface area contributed by atoms with E-state index < -0.39 is 0 Å². The second kappa shape index (κ2) is 6.46. The van der Waals surface area contributed by atoms with Crippen molar-refractivity contribution in [3.05, 3.63) is 27.5 Å². The van der Waals surface area contributed by atoms with Crippen molar-refractivity contribution in [1.82, 2.24) is 9.97 Å². The van der Waals surface area contributed by atoms with Gasteiger partial charge in [0, 0.05) is 0 Å². The highest BCUT2D eigenvalue weighted by atomic mass is 127. The fraction of sp³-hybridized carbons (Fsp3) is 0.333. The molecule has 2 N–H and O–H groups in total. The van der Waals surface area contributed by atoms with Crippen molar-refractivity contribution in [2.24, 2.45) is 0 Å². The number of hydrogen-bond acceptors (Lipinski definition) is 5. The van der Waals surface area contributed by atoms with Gasteiger partial charge in [0.25, 0.3) is 0 Å². The third kappa shape index (κ3) is 3.20. The summed E-state index contributed by atoms with van der Waals surface area (Å²) in [4.78, 5) is 9.05. The maximum atomic E-state index is 6.03. The lowest BCUT2D eigenvalue weighted by Crippen LogP contribution is -2.07. The van der Waals surface area contributed by atoms with Crippen molar-refractivity contribution >= 4 is 28.4 Å². The highest BCUT2D eigenvalue weighted by molar-refractivity contribution is 14.1. The van der Waals surface area contributed by atoms with E-state index in [1.54, 1.807) is 14.2 Å². The van der Waals surface area contributed by atoms with Gasteiger partial charge < -0.3 is 15.2 Å². The SMILES string of the molecule is COc1ccc(OC)c(-c2nc(N)c(I)c(C(C)C)n2)c1. The maximum absolute atomic E-state index is 6.03. The number of nitrogen functional groups attached to an aromatic ring is 1. The van der Waals surface area contributed by atoms with Gasteiger partial charge in [-0.3, -0.25) is 0 Å². The molecule has 0 saturated heterocycles. The fourth-order valence-corrected chi connectivity index (χ4v) is 2.84. The Morgan fingerprint density at radius 3 is 2.43 bits per heavy atom. The maximum Gasteiger partial charge on any atom is 0.165 e. The van der Waals surface area contributed by atoms with Crippen LogP contribution in [0.1, 0.15) is 25.5 Å². The van der Waals surface area contributed by atoms with E-state index in [1.807, 2.05) is 18.2 Å². The zero-order valence-electron chi connectivity index (χ0n) is 12.5. The Hall–Kier alpha value is -1.57. The molecule has 0 spiro atoms. The smallest absolute Gasteiger partial charge is 0.165 e. The highest BCUT2D eigenvalue weighted by Crippen LogP contribution is 2.34. The van der Waals surface area contributed by atoms with Crippen LogP contribution in [0.4, 0.5) is 5.82 Å². The number of nitrogens with zero attached hydrogens (tertiary/aromatic N) is 2. The first-order valence-corrected chi connectivity index (χ1v) is 7.61. The van der Waals surface area contributed by atoms with Crippen LogP contribution in [0.3, 0.4) is 0 Å². The Bertz CT molecular complexity index is 660. The normalized spacial score (nSPS) is 10.8. The largest absolute Gasteiger partial charge is 0.497 e. The molecule has 1 aromatic carbocycles. The van der Waals surface area contributed by atoms with Crippen LogP contribution in [-0.2, 0) is 0 Å². The van der Waals surface area contributed by atoms with Gasteiger partial charge in [-0.1, -0.05) is 13.8 Å². The predicted molar refractivity (Wildman–Crippen MR) is 91.8 cm³/mol. The molecule has 0 bridgehead atoms. The zero-order valence-corrected chi connectivity index (χ0v) is 14.6. The molecular formula is C15H18IN3O2. The van der Waals surface area contributed by atoms with Crippen LogP contribution in [0.5, 0.6) is 11.5 Å². The van der Waals surface area contributed by atoms with Crippen molar-refractivity contribution in [1.29, 1.82) is 0 Å². The molecule has 0 amide bonds. The molecule has 0 unspecified atom stereocenters. The standard InChI is InChI=1S/C15H18IN3O2/c1-8(2)13-12(16)14(17)19-15(18-13)10-7-9(20-3)5-6-11(10)21-4/h5-8H,1-4H3,(H2,17,18,19). The molecule has 5 nitrogen and oxygen atoms in total. The Morgan fingerprint density at radius 1 is 1.14 bits per heavy atom. The van der Waals surface area contributed by atoms with Gasteiger partial charge in [-0.15, -0.1) is 0 Å². The molecule has 0 radical (unpaired) electrons. The first-order chi connectivity index (χ1) is 9.97. The lowest BCUT2D eigenvalue weighted by Gasteiger charge is -2.14. The number of benzene rings is 1. The van der Waals surface area contributed by atoms with Gasteiger partial charge in [-0.2, -0.15) is 0 Å². The van der Waals surface area contributed by atoms with E-state index in [1.165, 1.54) is 0 Å². The second-order valence-corrected chi connectivity index (χ2v) is 5.93. The molecule has 1 aromatic heterocycles. The Kier molecular flexibility index (Phi) is 4.87. The molecule has 21 heavy (non-hydrogen) atoms. The van der Waals surface area contributed by atoms with Gasteiger partial charge in [0.1, 0.15) is 17.3 Å². The van der Waals surface area contributed by atoms with Gasteiger partial charge in [0.05, 0.1) is 29.0 Å². The van der Waals surface area contributed by atoms with Crippen molar-refractivity contribution in [3.8, 4) is 22.9 Å². The number of anilines is 1. The van der Waals surface area contributed by atoms with E-state index in [0.717, 1.165) is 20.6 Å². The molecule has 0 aliphatic carbocycles. The summed E-state index contributed by atoms with van der Waals surface area (Å²) in [5, 5.41) is 0. The van der Waals surface area contributed by atoms with Gasteiger partial charge in [-0.05, 0) is 46.7 Å². The van der Waals surface area contributed by atoms with E-state index in [2.05, 4.69) is 46.4 Å². The highest BCUT2D eigenvalue weighted by Gasteiger charge is 2.17. The minimum atomic E-state index is 0.262. The first-order valence-electron chi connectivity index (χ1n) is 6.53. The lowest BCUT2D eigenvalue weighted by atomic mass is 10.1. The molecule has 112 valence electrons. The number of methoxy groups -OCH3 is 2. The number of hydrogen-bond donors (Lipinski definition) is 1. The average molecular weight is 399 g/mol. The van der Waals surface area contributed by atoms with Gasteiger partial charge in [0.15, 0.2) is 5.82 Å². The molecule has 6 heteroatoms. The summed E-state index contributed by atoms with van der Waals surface area (Å²) in [5.41, 5.74) is 7.73. The number of aromatic nitrogens is 2. The van der Waals surface area contributed by atoms with E-state index in [0.29, 0.717) is 17.4 Å². The summed E-state index contributed by atoms with van der Waals surface area (Å²) >= 11 is 2.18. The quantitative estimate of drug-likeness (QED) is 0.798. The molecule has 1 heterocycles. The van der Waals surface area contributed by atoms with E-state index in [4.69, 9.17) is 15.2 Å². The van der Waals surface area contributed by atoms with Gasteiger partial charge in [-0.25, -0.2) is 9.97 Å². The van der Waals surface area contributed by atoms with Crippen LogP contribution in [0.2, 0.25) is 0 Å². The third-order valence-corrected chi connectivity index (χ3v) is 4.20. The number of halogens is 1. The van der Waals surface area contributed by atoms with E-state index in [9.17, 15) is 0 Å².